The summed E-state index contributed by atoms with van der Waals surface area (Å²) in [6, 6.07) is 8.11. The molecule has 2 saturated heterocycles. The van der Waals surface area contributed by atoms with Crippen molar-refractivity contribution in [3.8, 4) is 5.75 Å². The van der Waals surface area contributed by atoms with Crippen molar-refractivity contribution in [3.05, 3.63) is 29.8 Å². The van der Waals surface area contributed by atoms with E-state index in [4.69, 9.17) is 14.2 Å². The molecule has 0 unspecified atom stereocenters. The van der Waals surface area contributed by atoms with Crippen molar-refractivity contribution in [1.29, 1.82) is 0 Å². The van der Waals surface area contributed by atoms with E-state index in [1.807, 2.05) is 24.3 Å². The van der Waals surface area contributed by atoms with Crippen LogP contribution in [0.4, 0.5) is 0 Å². The Kier molecular flexibility index (Phi) is 6.70. The van der Waals surface area contributed by atoms with E-state index in [0.717, 1.165) is 57.0 Å². The van der Waals surface area contributed by atoms with Crippen LogP contribution in [0, 0.1) is 11.8 Å². The van der Waals surface area contributed by atoms with Gasteiger partial charge in [-0.3, -0.25) is 4.79 Å². The molecule has 2 atom stereocenters. The number of benzene rings is 1. The number of para-hydroxylation sites is 1. The third kappa shape index (κ3) is 4.95. The Morgan fingerprint density at radius 2 is 1.92 bits per heavy atom. The number of methoxy groups -OCH3 is 1. The van der Waals surface area contributed by atoms with E-state index in [2.05, 4.69) is 5.32 Å². The number of carbonyl (C=O) groups excluding carboxylic acids is 1. The Balaban J connectivity index is 1.53. The highest BCUT2D eigenvalue weighted by Crippen LogP contribution is 2.30. The largest absolute Gasteiger partial charge is 0.496 e. The Morgan fingerprint density at radius 1 is 1.16 bits per heavy atom. The molecule has 0 bridgehead atoms. The Labute approximate surface area is 150 Å². The average molecular weight is 347 g/mol. The molecule has 0 saturated carbocycles. The fourth-order valence-electron chi connectivity index (χ4n) is 3.98. The molecule has 5 nitrogen and oxygen atoms in total. The minimum absolute atomic E-state index is 0.120. The summed E-state index contributed by atoms with van der Waals surface area (Å²) in [5.41, 5.74) is 1.08. The number of hydrogen-bond donors (Lipinski definition) is 1. The minimum atomic E-state index is 0.120. The van der Waals surface area contributed by atoms with Gasteiger partial charge in [0.25, 0.3) is 0 Å². The predicted octanol–water partition coefficient (Wildman–Crippen LogP) is 2.58. The zero-order chi connectivity index (χ0) is 17.5. The molecule has 1 aromatic carbocycles. The van der Waals surface area contributed by atoms with Gasteiger partial charge in [-0.1, -0.05) is 18.2 Å². The van der Waals surface area contributed by atoms with Crippen LogP contribution in [0.15, 0.2) is 24.3 Å². The highest BCUT2D eigenvalue weighted by molar-refractivity contribution is 5.76. The van der Waals surface area contributed by atoms with Gasteiger partial charge in [0.2, 0.25) is 5.91 Å². The van der Waals surface area contributed by atoms with E-state index in [1.54, 1.807) is 7.11 Å². The lowest BCUT2D eigenvalue weighted by atomic mass is 9.79. The van der Waals surface area contributed by atoms with Gasteiger partial charge >= 0.3 is 0 Å². The lowest BCUT2D eigenvalue weighted by molar-refractivity contribution is -0.123. The molecule has 1 aromatic rings. The first-order valence-corrected chi connectivity index (χ1v) is 9.34. The first kappa shape index (κ1) is 18.2. The van der Waals surface area contributed by atoms with Crippen molar-refractivity contribution < 1.29 is 19.0 Å². The fourth-order valence-corrected chi connectivity index (χ4v) is 3.98. The molecule has 138 valence electrons. The molecule has 3 rings (SSSR count). The van der Waals surface area contributed by atoms with E-state index >= 15 is 0 Å². The number of hydrogen-bond acceptors (Lipinski definition) is 4. The second-order valence-corrected chi connectivity index (χ2v) is 6.96. The van der Waals surface area contributed by atoms with Gasteiger partial charge in [-0.15, -0.1) is 0 Å². The monoisotopic (exact) mass is 347 g/mol. The van der Waals surface area contributed by atoms with Gasteiger partial charge in [-0.05, 0) is 43.2 Å². The van der Waals surface area contributed by atoms with Crippen LogP contribution < -0.4 is 10.1 Å². The van der Waals surface area contributed by atoms with Crippen molar-refractivity contribution >= 4 is 5.91 Å². The number of ether oxygens (including phenoxy) is 3. The SMILES string of the molecule is COc1ccccc1CCC(=O)N[C@@H]1CCOC[C@@H]1C1CCOCC1. The Hall–Kier alpha value is -1.59. The van der Waals surface area contributed by atoms with Gasteiger partial charge in [-0.25, -0.2) is 0 Å². The molecule has 2 heterocycles. The number of rotatable bonds is 6. The third-order valence-corrected chi connectivity index (χ3v) is 5.43. The molecule has 0 aliphatic carbocycles. The van der Waals surface area contributed by atoms with E-state index in [9.17, 15) is 4.79 Å². The van der Waals surface area contributed by atoms with Gasteiger partial charge in [0.05, 0.1) is 13.7 Å². The summed E-state index contributed by atoms with van der Waals surface area (Å²) in [6.45, 7) is 3.14. The van der Waals surface area contributed by atoms with Crippen molar-refractivity contribution in [3.63, 3.8) is 0 Å². The number of nitrogens with one attached hydrogen (secondary N) is 1. The first-order chi connectivity index (χ1) is 12.3. The maximum absolute atomic E-state index is 12.5. The second-order valence-electron chi connectivity index (χ2n) is 6.96. The summed E-state index contributed by atoms with van der Waals surface area (Å²) in [6.07, 6.45) is 4.23. The van der Waals surface area contributed by atoms with Crippen LogP contribution >= 0.6 is 0 Å². The molecule has 1 N–H and O–H groups in total. The normalized spacial score (nSPS) is 24.7. The average Bonchev–Trinajstić information content (AvgIpc) is 2.67. The highest BCUT2D eigenvalue weighted by atomic mass is 16.5. The molecule has 0 radical (unpaired) electrons. The number of carbonyl (C=O) groups is 1. The molecule has 2 fully saturated rings. The molecule has 0 aromatic heterocycles. The van der Waals surface area contributed by atoms with Gasteiger partial charge < -0.3 is 19.5 Å². The molecular formula is C20H29NO4. The van der Waals surface area contributed by atoms with Crippen LogP contribution in [0.5, 0.6) is 5.75 Å². The minimum Gasteiger partial charge on any atom is -0.496 e. The smallest absolute Gasteiger partial charge is 0.220 e. The summed E-state index contributed by atoms with van der Waals surface area (Å²) in [4.78, 5) is 12.5. The van der Waals surface area contributed by atoms with E-state index in [0.29, 0.717) is 24.7 Å². The van der Waals surface area contributed by atoms with E-state index < -0.39 is 0 Å². The van der Waals surface area contributed by atoms with Crippen molar-refractivity contribution in [2.75, 3.05) is 33.5 Å². The molecule has 2 aliphatic rings. The van der Waals surface area contributed by atoms with Crippen LogP contribution in [0.25, 0.3) is 0 Å². The number of aryl methyl sites for hydroxylation is 1. The van der Waals surface area contributed by atoms with Crippen molar-refractivity contribution in [2.45, 2.75) is 38.1 Å². The van der Waals surface area contributed by atoms with Crippen LogP contribution in [0.2, 0.25) is 0 Å². The standard InChI is InChI=1S/C20H29NO4/c1-23-19-5-3-2-4-16(19)6-7-20(22)21-18-10-13-25-14-17(18)15-8-11-24-12-9-15/h2-5,15,17-18H,6-14H2,1H3,(H,21,22)/t17-,18-/m1/s1. The summed E-state index contributed by atoms with van der Waals surface area (Å²) >= 11 is 0. The van der Waals surface area contributed by atoms with Crippen LogP contribution in [-0.4, -0.2) is 45.5 Å². The lowest BCUT2D eigenvalue weighted by Crippen LogP contribution is -2.49. The topological polar surface area (TPSA) is 56.8 Å². The highest BCUT2D eigenvalue weighted by Gasteiger charge is 2.34. The van der Waals surface area contributed by atoms with Gasteiger partial charge in [0.1, 0.15) is 5.75 Å². The molecule has 5 heteroatoms. The van der Waals surface area contributed by atoms with Crippen molar-refractivity contribution in [2.24, 2.45) is 11.8 Å². The third-order valence-electron chi connectivity index (χ3n) is 5.43. The molecule has 0 spiro atoms. The van der Waals surface area contributed by atoms with E-state index in [-0.39, 0.29) is 11.9 Å². The summed E-state index contributed by atoms with van der Waals surface area (Å²) in [5, 5.41) is 3.27. The van der Waals surface area contributed by atoms with Gasteiger partial charge in [-0.2, -0.15) is 0 Å². The van der Waals surface area contributed by atoms with Crippen molar-refractivity contribution in [1.82, 2.24) is 5.32 Å². The molecule has 25 heavy (non-hydrogen) atoms. The zero-order valence-electron chi connectivity index (χ0n) is 15.0. The van der Waals surface area contributed by atoms with Crippen LogP contribution in [0.3, 0.4) is 0 Å². The zero-order valence-corrected chi connectivity index (χ0v) is 15.0. The molecule has 2 aliphatic heterocycles. The molecule has 1 amide bonds. The Bertz CT molecular complexity index is 556. The van der Waals surface area contributed by atoms with Gasteiger partial charge in [0.15, 0.2) is 0 Å². The fraction of sp³-hybridized carbons (Fsp3) is 0.650. The van der Waals surface area contributed by atoms with Crippen LogP contribution in [-0.2, 0) is 20.7 Å². The Morgan fingerprint density at radius 3 is 2.72 bits per heavy atom. The second kappa shape index (κ2) is 9.20. The molecular weight excluding hydrogens is 318 g/mol. The summed E-state index contributed by atoms with van der Waals surface area (Å²) in [5.74, 6) is 1.97. The predicted molar refractivity (Wildman–Crippen MR) is 95.7 cm³/mol. The van der Waals surface area contributed by atoms with E-state index in [1.165, 1.54) is 0 Å². The lowest BCUT2D eigenvalue weighted by Gasteiger charge is -2.39. The number of amides is 1. The van der Waals surface area contributed by atoms with Gasteiger partial charge in [0, 0.05) is 38.2 Å². The summed E-state index contributed by atoms with van der Waals surface area (Å²) < 4.78 is 16.5. The quantitative estimate of drug-likeness (QED) is 0.859. The van der Waals surface area contributed by atoms with Crippen LogP contribution in [0.1, 0.15) is 31.2 Å². The first-order valence-electron chi connectivity index (χ1n) is 9.34. The maximum atomic E-state index is 12.5. The maximum Gasteiger partial charge on any atom is 0.220 e. The summed E-state index contributed by atoms with van der Waals surface area (Å²) in [7, 11) is 1.67.